The monoisotopic (exact) mass is 223 g/mol. The first-order chi connectivity index (χ1) is 7.51. The Morgan fingerprint density at radius 3 is 2.75 bits per heavy atom. The van der Waals surface area contributed by atoms with Crippen molar-refractivity contribution in [1.29, 1.82) is 0 Å². The van der Waals surface area contributed by atoms with Gasteiger partial charge in [0.25, 0.3) is 0 Å². The lowest BCUT2D eigenvalue weighted by molar-refractivity contribution is 0.236. The molecule has 0 unspecified atom stereocenters. The minimum atomic E-state index is 0.289. The van der Waals surface area contributed by atoms with E-state index >= 15 is 0 Å². The first-order valence-corrected chi connectivity index (χ1v) is 5.71. The Kier molecular flexibility index (Phi) is 4.52. The molecule has 0 aliphatic rings. The lowest BCUT2D eigenvalue weighted by atomic mass is 9.93. The molecule has 0 aromatic carbocycles. The second kappa shape index (κ2) is 5.68. The molecule has 1 rings (SSSR count). The van der Waals surface area contributed by atoms with Crippen molar-refractivity contribution in [2.75, 3.05) is 18.5 Å². The summed E-state index contributed by atoms with van der Waals surface area (Å²) in [4.78, 5) is 8.32. The summed E-state index contributed by atoms with van der Waals surface area (Å²) in [5.74, 6) is 1.26. The summed E-state index contributed by atoms with van der Waals surface area (Å²) in [5, 5.41) is 3.05. The van der Waals surface area contributed by atoms with Crippen LogP contribution in [0.1, 0.15) is 34.1 Å². The third kappa shape index (κ3) is 4.96. The summed E-state index contributed by atoms with van der Waals surface area (Å²) >= 11 is 0. The van der Waals surface area contributed by atoms with Crippen LogP contribution in [0.15, 0.2) is 12.3 Å². The number of ether oxygens (including phenoxy) is 1. The van der Waals surface area contributed by atoms with Gasteiger partial charge in [-0.2, -0.15) is 4.98 Å². The second-order valence-corrected chi connectivity index (χ2v) is 4.91. The van der Waals surface area contributed by atoms with Crippen LogP contribution in [0.2, 0.25) is 0 Å². The van der Waals surface area contributed by atoms with Crippen LogP contribution in [0, 0.1) is 5.41 Å². The van der Waals surface area contributed by atoms with Crippen molar-refractivity contribution < 1.29 is 4.74 Å². The fourth-order valence-electron chi connectivity index (χ4n) is 1.13. The number of hydrogen-bond acceptors (Lipinski definition) is 4. The molecule has 4 nitrogen and oxygen atoms in total. The zero-order chi connectivity index (χ0) is 12.0. The maximum Gasteiger partial charge on any atom is 0.225 e. The van der Waals surface area contributed by atoms with E-state index in [0.29, 0.717) is 18.4 Å². The summed E-state index contributed by atoms with van der Waals surface area (Å²) in [6.07, 6.45) is 2.71. The molecule has 4 heteroatoms. The normalized spacial score (nSPS) is 11.2. The van der Waals surface area contributed by atoms with Gasteiger partial charge in [-0.25, -0.2) is 4.98 Å². The summed E-state index contributed by atoms with van der Waals surface area (Å²) in [6, 6.07) is 1.78. The highest BCUT2D eigenvalue weighted by Gasteiger charge is 2.10. The highest BCUT2D eigenvalue weighted by Crippen LogP contribution is 2.18. The molecule has 16 heavy (non-hydrogen) atoms. The van der Waals surface area contributed by atoms with Gasteiger partial charge in [-0.1, -0.05) is 20.8 Å². The van der Waals surface area contributed by atoms with E-state index in [1.807, 2.05) is 6.92 Å². The van der Waals surface area contributed by atoms with Gasteiger partial charge in [0.2, 0.25) is 11.8 Å². The molecule has 0 bridgehead atoms. The van der Waals surface area contributed by atoms with Gasteiger partial charge >= 0.3 is 0 Å². The zero-order valence-electron chi connectivity index (χ0n) is 10.6. The lowest BCUT2D eigenvalue weighted by Crippen LogP contribution is -2.12. The number of aromatic nitrogens is 2. The molecule has 1 aromatic rings. The number of hydrogen-bond donors (Lipinski definition) is 1. The smallest absolute Gasteiger partial charge is 0.225 e. The number of rotatable bonds is 5. The third-order valence-corrected chi connectivity index (χ3v) is 2.07. The Morgan fingerprint density at radius 1 is 1.38 bits per heavy atom. The van der Waals surface area contributed by atoms with Gasteiger partial charge in [-0.3, -0.25) is 0 Å². The number of anilines is 1. The first kappa shape index (κ1) is 12.7. The Labute approximate surface area is 97.5 Å². The molecule has 0 saturated heterocycles. The van der Waals surface area contributed by atoms with Crippen molar-refractivity contribution in [3.05, 3.63) is 12.3 Å². The summed E-state index contributed by atoms with van der Waals surface area (Å²) in [7, 11) is 0. The molecule has 0 fully saturated rings. The topological polar surface area (TPSA) is 47.0 Å². The van der Waals surface area contributed by atoms with Crippen LogP contribution in [-0.4, -0.2) is 23.1 Å². The van der Waals surface area contributed by atoms with Crippen molar-refractivity contribution >= 4 is 5.95 Å². The van der Waals surface area contributed by atoms with Crippen LogP contribution in [0.3, 0.4) is 0 Å². The summed E-state index contributed by atoms with van der Waals surface area (Å²) < 4.78 is 5.58. The molecule has 0 aliphatic carbocycles. The van der Waals surface area contributed by atoms with E-state index in [9.17, 15) is 0 Å². The van der Waals surface area contributed by atoms with Gasteiger partial charge < -0.3 is 10.1 Å². The summed E-state index contributed by atoms with van der Waals surface area (Å²) in [6.45, 7) is 10.1. The van der Waals surface area contributed by atoms with Crippen molar-refractivity contribution in [3.8, 4) is 5.88 Å². The van der Waals surface area contributed by atoms with Crippen molar-refractivity contribution in [2.24, 2.45) is 5.41 Å². The molecule has 0 atom stereocenters. The van der Waals surface area contributed by atoms with Crippen LogP contribution < -0.4 is 10.1 Å². The second-order valence-electron chi connectivity index (χ2n) is 4.91. The molecular formula is C12H21N3O. The van der Waals surface area contributed by atoms with Crippen LogP contribution in [-0.2, 0) is 0 Å². The minimum absolute atomic E-state index is 0.289. The van der Waals surface area contributed by atoms with E-state index in [2.05, 4.69) is 36.1 Å². The van der Waals surface area contributed by atoms with Gasteiger partial charge in [-0.15, -0.1) is 0 Å². The lowest BCUT2D eigenvalue weighted by Gasteiger charge is -2.17. The summed E-state index contributed by atoms with van der Waals surface area (Å²) in [5.41, 5.74) is 0.289. The van der Waals surface area contributed by atoms with Gasteiger partial charge in [0, 0.05) is 18.8 Å². The Balaban J connectivity index is 2.44. The van der Waals surface area contributed by atoms with Crippen molar-refractivity contribution in [2.45, 2.75) is 34.1 Å². The maximum absolute atomic E-state index is 5.58. The minimum Gasteiger partial charge on any atom is -0.478 e. The van der Waals surface area contributed by atoms with Crippen LogP contribution in [0.4, 0.5) is 5.95 Å². The quantitative estimate of drug-likeness (QED) is 0.833. The fourth-order valence-corrected chi connectivity index (χ4v) is 1.13. The first-order valence-electron chi connectivity index (χ1n) is 5.71. The van der Waals surface area contributed by atoms with E-state index in [0.717, 1.165) is 13.0 Å². The van der Waals surface area contributed by atoms with E-state index in [1.165, 1.54) is 0 Å². The molecule has 0 saturated carbocycles. The molecule has 0 spiro atoms. The van der Waals surface area contributed by atoms with Crippen LogP contribution in [0.25, 0.3) is 0 Å². The van der Waals surface area contributed by atoms with Crippen LogP contribution >= 0.6 is 0 Å². The standard InChI is InChI=1S/C12H21N3O/c1-5-13-11-14-8-6-10(15-11)16-9-7-12(2,3)4/h6,8H,5,7,9H2,1-4H3,(H,13,14,15). The molecule has 0 radical (unpaired) electrons. The van der Waals surface area contributed by atoms with Crippen molar-refractivity contribution in [1.82, 2.24) is 9.97 Å². The Bertz CT molecular complexity index is 320. The van der Waals surface area contributed by atoms with Gasteiger partial charge in [-0.05, 0) is 18.8 Å². The largest absolute Gasteiger partial charge is 0.478 e. The molecule has 0 amide bonds. The van der Waals surface area contributed by atoms with Gasteiger partial charge in [0.1, 0.15) is 0 Å². The molecule has 0 aliphatic heterocycles. The third-order valence-electron chi connectivity index (χ3n) is 2.07. The fraction of sp³-hybridized carbons (Fsp3) is 0.667. The SMILES string of the molecule is CCNc1nccc(OCCC(C)(C)C)n1. The van der Waals surface area contributed by atoms with E-state index in [-0.39, 0.29) is 5.41 Å². The average molecular weight is 223 g/mol. The van der Waals surface area contributed by atoms with Crippen molar-refractivity contribution in [3.63, 3.8) is 0 Å². The highest BCUT2D eigenvalue weighted by molar-refractivity contribution is 5.26. The molecule has 1 aromatic heterocycles. The highest BCUT2D eigenvalue weighted by atomic mass is 16.5. The van der Waals surface area contributed by atoms with E-state index in [4.69, 9.17) is 4.74 Å². The van der Waals surface area contributed by atoms with Gasteiger partial charge in [0.05, 0.1) is 6.61 Å². The molecule has 90 valence electrons. The van der Waals surface area contributed by atoms with E-state index < -0.39 is 0 Å². The number of nitrogens with one attached hydrogen (secondary N) is 1. The maximum atomic E-state index is 5.58. The Hall–Kier alpha value is -1.32. The number of nitrogens with zero attached hydrogens (tertiary/aromatic N) is 2. The van der Waals surface area contributed by atoms with Crippen LogP contribution in [0.5, 0.6) is 5.88 Å². The average Bonchev–Trinajstić information content (AvgIpc) is 2.17. The molecule has 1 N–H and O–H groups in total. The van der Waals surface area contributed by atoms with E-state index in [1.54, 1.807) is 12.3 Å². The molecule has 1 heterocycles. The zero-order valence-corrected chi connectivity index (χ0v) is 10.6. The predicted octanol–water partition coefficient (Wildman–Crippen LogP) is 2.72. The molecular weight excluding hydrogens is 202 g/mol. The van der Waals surface area contributed by atoms with Gasteiger partial charge in [0.15, 0.2) is 0 Å². The Morgan fingerprint density at radius 2 is 2.12 bits per heavy atom. The predicted molar refractivity (Wildman–Crippen MR) is 65.8 cm³/mol.